The Morgan fingerprint density at radius 3 is 2.11 bits per heavy atom. The van der Waals surface area contributed by atoms with Crippen molar-refractivity contribution < 1.29 is 14.6 Å². The van der Waals surface area contributed by atoms with Gasteiger partial charge in [-0.3, -0.25) is 0 Å². The molecule has 0 amide bonds. The third-order valence-corrected chi connectivity index (χ3v) is 3.35. The van der Waals surface area contributed by atoms with Crippen molar-refractivity contribution in [2.45, 2.75) is 13.8 Å². The molecular formula is C15H12O4. The number of phenolic OH excluding ortho intramolecular Hbond substituents is 2. The van der Waals surface area contributed by atoms with Crippen molar-refractivity contribution in [3.8, 4) is 11.5 Å². The minimum absolute atomic E-state index is 0.0645. The summed E-state index contributed by atoms with van der Waals surface area (Å²) >= 11 is 0. The Balaban J connectivity index is 2.61. The molecule has 0 radical (unpaired) electrons. The number of aryl methyl sites for hydroxylation is 2. The molecule has 0 saturated carbocycles. The molecule has 0 saturated heterocycles. The van der Waals surface area contributed by atoms with E-state index in [2.05, 4.69) is 0 Å². The van der Waals surface area contributed by atoms with E-state index in [9.17, 15) is 15.0 Å². The number of hydrogen-bond donors (Lipinski definition) is 2. The monoisotopic (exact) mass is 256 g/mol. The van der Waals surface area contributed by atoms with Crippen LogP contribution in [0.1, 0.15) is 11.1 Å². The van der Waals surface area contributed by atoms with E-state index >= 15 is 0 Å². The minimum atomic E-state index is -0.527. The summed E-state index contributed by atoms with van der Waals surface area (Å²) in [5, 5.41) is 21.2. The van der Waals surface area contributed by atoms with Crippen molar-refractivity contribution in [1.82, 2.24) is 0 Å². The van der Waals surface area contributed by atoms with E-state index in [1.54, 1.807) is 26.0 Å². The summed E-state index contributed by atoms with van der Waals surface area (Å²) in [6.07, 6.45) is 0. The summed E-state index contributed by atoms with van der Waals surface area (Å²) in [5.74, 6) is 0.153. The number of aromatic hydroxyl groups is 2. The lowest BCUT2D eigenvalue weighted by molar-refractivity contribution is 0.468. The van der Waals surface area contributed by atoms with Gasteiger partial charge in [-0.1, -0.05) is 0 Å². The highest BCUT2D eigenvalue weighted by Gasteiger charge is 2.11. The maximum atomic E-state index is 11.9. The Morgan fingerprint density at radius 2 is 1.42 bits per heavy atom. The largest absolute Gasteiger partial charge is 0.508 e. The molecule has 0 atom stereocenters. The van der Waals surface area contributed by atoms with E-state index in [-0.39, 0.29) is 11.5 Å². The van der Waals surface area contributed by atoms with E-state index in [1.165, 1.54) is 12.1 Å². The predicted molar refractivity (Wildman–Crippen MR) is 72.8 cm³/mol. The fraction of sp³-hybridized carbons (Fsp3) is 0.133. The second kappa shape index (κ2) is 3.75. The van der Waals surface area contributed by atoms with Gasteiger partial charge >= 0.3 is 5.63 Å². The van der Waals surface area contributed by atoms with E-state index < -0.39 is 5.63 Å². The molecule has 0 spiro atoms. The van der Waals surface area contributed by atoms with Crippen LogP contribution in [0, 0.1) is 13.8 Å². The van der Waals surface area contributed by atoms with Crippen molar-refractivity contribution in [1.29, 1.82) is 0 Å². The molecule has 3 aromatic rings. The Labute approximate surface area is 108 Å². The Morgan fingerprint density at radius 1 is 0.842 bits per heavy atom. The molecule has 0 aliphatic rings. The zero-order valence-electron chi connectivity index (χ0n) is 10.5. The molecule has 4 heteroatoms. The quantitative estimate of drug-likeness (QED) is 0.479. The molecule has 0 bridgehead atoms. The topological polar surface area (TPSA) is 70.7 Å². The second-order valence-corrected chi connectivity index (χ2v) is 4.71. The zero-order chi connectivity index (χ0) is 13.7. The van der Waals surface area contributed by atoms with Gasteiger partial charge in [-0.2, -0.15) is 0 Å². The third-order valence-electron chi connectivity index (χ3n) is 3.35. The Kier molecular flexibility index (Phi) is 2.29. The summed E-state index contributed by atoms with van der Waals surface area (Å²) in [6.45, 7) is 3.54. The first-order valence-electron chi connectivity index (χ1n) is 5.87. The average Bonchev–Trinajstić information content (AvgIpc) is 2.35. The molecule has 96 valence electrons. The molecular weight excluding hydrogens is 244 g/mol. The summed E-state index contributed by atoms with van der Waals surface area (Å²) in [6, 6.07) is 6.37. The van der Waals surface area contributed by atoms with Gasteiger partial charge in [-0.25, -0.2) is 4.79 Å². The van der Waals surface area contributed by atoms with Gasteiger partial charge in [-0.05, 0) is 43.2 Å². The summed E-state index contributed by atoms with van der Waals surface area (Å²) < 4.78 is 5.18. The van der Waals surface area contributed by atoms with Crippen molar-refractivity contribution in [2.24, 2.45) is 0 Å². The molecule has 3 rings (SSSR count). The van der Waals surface area contributed by atoms with Gasteiger partial charge in [0, 0.05) is 16.8 Å². The number of rotatable bonds is 0. The fourth-order valence-corrected chi connectivity index (χ4v) is 2.22. The maximum absolute atomic E-state index is 11.9. The molecule has 19 heavy (non-hydrogen) atoms. The average molecular weight is 256 g/mol. The van der Waals surface area contributed by atoms with Crippen molar-refractivity contribution in [2.75, 3.05) is 0 Å². The van der Waals surface area contributed by atoms with Gasteiger partial charge in [0.25, 0.3) is 0 Å². The van der Waals surface area contributed by atoms with Crippen LogP contribution in [0.15, 0.2) is 33.5 Å². The van der Waals surface area contributed by atoms with Crippen LogP contribution in [0.4, 0.5) is 0 Å². The van der Waals surface area contributed by atoms with Gasteiger partial charge in [0.2, 0.25) is 0 Å². The number of benzene rings is 2. The number of hydrogen-bond acceptors (Lipinski definition) is 4. The minimum Gasteiger partial charge on any atom is -0.508 e. The van der Waals surface area contributed by atoms with Crippen molar-refractivity contribution >= 4 is 21.7 Å². The Bertz CT molecular complexity index is 875. The molecule has 0 unspecified atom stereocenters. The predicted octanol–water partition coefficient (Wildman–Crippen LogP) is 2.97. The highest BCUT2D eigenvalue weighted by Crippen LogP contribution is 2.31. The fourth-order valence-electron chi connectivity index (χ4n) is 2.22. The van der Waals surface area contributed by atoms with Crippen LogP contribution >= 0.6 is 0 Å². The molecule has 4 nitrogen and oxygen atoms in total. The van der Waals surface area contributed by atoms with E-state index in [4.69, 9.17) is 4.42 Å². The smallest absolute Gasteiger partial charge is 0.344 e. The lowest BCUT2D eigenvalue weighted by atomic mass is 10.0. The lowest BCUT2D eigenvalue weighted by Crippen LogP contribution is -2.00. The van der Waals surface area contributed by atoms with Crippen LogP contribution in [0.5, 0.6) is 11.5 Å². The van der Waals surface area contributed by atoms with Crippen molar-refractivity contribution in [3.63, 3.8) is 0 Å². The van der Waals surface area contributed by atoms with Crippen LogP contribution in [0.2, 0.25) is 0 Å². The molecule has 1 aromatic heterocycles. The van der Waals surface area contributed by atoms with Gasteiger partial charge in [0.05, 0.1) is 5.39 Å². The highest BCUT2D eigenvalue weighted by molar-refractivity contribution is 6.05. The summed E-state index contributed by atoms with van der Waals surface area (Å²) in [4.78, 5) is 11.9. The number of phenols is 2. The van der Waals surface area contributed by atoms with Crippen LogP contribution in [-0.4, -0.2) is 10.2 Å². The third kappa shape index (κ3) is 1.64. The zero-order valence-corrected chi connectivity index (χ0v) is 10.5. The summed E-state index contributed by atoms with van der Waals surface area (Å²) in [5.41, 5.74) is 1.20. The number of fused-ring (bicyclic) bond motifs is 3. The summed E-state index contributed by atoms with van der Waals surface area (Å²) in [7, 11) is 0. The lowest BCUT2D eigenvalue weighted by Gasteiger charge is -2.07. The molecule has 0 fully saturated rings. The van der Waals surface area contributed by atoms with Crippen LogP contribution in [0.3, 0.4) is 0 Å². The van der Waals surface area contributed by atoms with Crippen LogP contribution in [0.25, 0.3) is 21.7 Å². The molecule has 0 aliphatic heterocycles. The first kappa shape index (κ1) is 11.6. The second-order valence-electron chi connectivity index (χ2n) is 4.71. The van der Waals surface area contributed by atoms with Crippen LogP contribution in [-0.2, 0) is 0 Å². The Hall–Kier alpha value is -2.49. The van der Waals surface area contributed by atoms with Crippen LogP contribution < -0.4 is 5.63 Å². The van der Waals surface area contributed by atoms with E-state index in [1.807, 2.05) is 0 Å². The van der Waals surface area contributed by atoms with Crippen molar-refractivity contribution in [3.05, 3.63) is 45.8 Å². The first-order chi connectivity index (χ1) is 8.97. The molecule has 1 heterocycles. The molecule has 2 N–H and O–H groups in total. The molecule has 0 aliphatic carbocycles. The van der Waals surface area contributed by atoms with Gasteiger partial charge in [-0.15, -0.1) is 0 Å². The SMILES string of the molecule is Cc1cc2c(cc1O)oc(=O)c1cc(O)c(C)cc12. The molecule has 2 aromatic carbocycles. The normalized spacial score (nSPS) is 11.3. The van der Waals surface area contributed by atoms with Gasteiger partial charge in [0.1, 0.15) is 17.1 Å². The van der Waals surface area contributed by atoms with E-state index in [0.29, 0.717) is 27.5 Å². The highest BCUT2D eigenvalue weighted by atomic mass is 16.4. The first-order valence-corrected chi connectivity index (χ1v) is 5.87. The van der Waals surface area contributed by atoms with E-state index in [0.717, 1.165) is 5.39 Å². The standard InChI is InChI=1S/C15H12O4/c1-7-3-9-10-4-8(2)13(17)6-14(10)19-15(18)11(9)5-12(7)16/h3-6,16-17H,1-2H3. The maximum Gasteiger partial charge on any atom is 0.344 e. The van der Waals surface area contributed by atoms with Gasteiger partial charge in [0.15, 0.2) is 0 Å². The van der Waals surface area contributed by atoms with Gasteiger partial charge < -0.3 is 14.6 Å².